The Kier molecular flexibility index (Phi) is 4.21. The number of H-pyrrole nitrogens is 1. The molecule has 2 aliphatic rings. The van der Waals surface area contributed by atoms with Crippen LogP contribution in [0, 0.1) is 0 Å². The van der Waals surface area contributed by atoms with E-state index in [0.29, 0.717) is 23.8 Å². The molecular formula is C18H21N3O3. The average Bonchev–Trinajstić information content (AvgIpc) is 3.11. The second-order valence-electron chi connectivity index (χ2n) is 6.40. The van der Waals surface area contributed by atoms with Gasteiger partial charge in [-0.1, -0.05) is 6.07 Å². The highest BCUT2D eigenvalue weighted by Crippen LogP contribution is 2.40. The average molecular weight is 327 g/mol. The zero-order chi connectivity index (χ0) is 16.4. The fraction of sp³-hybridized carbons (Fsp3) is 0.444. The molecule has 1 saturated carbocycles. The molecule has 0 bridgehead atoms. The molecule has 1 aliphatic carbocycles. The van der Waals surface area contributed by atoms with Gasteiger partial charge in [-0.2, -0.15) is 5.10 Å². The van der Waals surface area contributed by atoms with E-state index in [0.717, 1.165) is 43.7 Å². The summed E-state index contributed by atoms with van der Waals surface area (Å²) in [4.78, 5) is 12.5. The standard InChI is InChI=1S/C18H21N3O3/c22-18(16-10-19-21-17(16)12-6-7-12)20-13-3-1-4-14(9-13)24-11-15-5-2-8-23-15/h1,3-4,9-10,12,15H,2,5-8,11H2,(H,19,21)(H,20,22)/t15-/m1/s1. The van der Waals surface area contributed by atoms with Gasteiger partial charge in [-0.05, 0) is 37.8 Å². The van der Waals surface area contributed by atoms with Gasteiger partial charge in [-0.15, -0.1) is 0 Å². The molecule has 1 amide bonds. The van der Waals surface area contributed by atoms with Crippen LogP contribution in [0.5, 0.6) is 5.75 Å². The van der Waals surface area contributed by atoms with E-state index in [-0.39, 0.29) is 12.0 Å². The summed E-state index contributed by atoms with van der Waals surface area (Å²) in [7, 11) is 0. The summed E-state index contributed by atoms with van der Waals surface area (Å²) >= 11 is 0. The van der Waals surface area contributed by atoms with Gasteiger partial charge in [0.25, 0.3) is 5.91 Å². The Morgan fingerprint density at radius 1 is 1.38 bits per heavy atom. The molecule has 4 rings (SSSR count). The molecule has 2 fully saturated rings. The summed E-state index contributed by atoms with van der Waals surface area (Å²) in [5.74, 6) is 1.05. The van der Waals surface area contributed by atoms with E-state index in [9.17, 15) is 4.79 Å². The molecule has 0 unspecified atom stereocenters. The predicted octanol–water partition coefficient (Wildman–Crippen LogP) is 3.10. The number of carbonyl (C=O) groups is 1. The number of nitrogens with zero attached hydrogens (tertiary/aromatic N) is 1. The normalized spacial score (nSPS) is 20.1. The largest absolute Gasteiger partial charge is 0.491 e. The summed E-state index contributed by atoms with van der Waals surface area (Å²) in [5, 5.41) is 9.89. The van der Waals surface area contributed by atoms with Crippen molar-refractivity contribution in [2.75, 3.05) is 18.5 Å². The highest BCUT2D eigenvalue weighted by molar-refractivity contribution is 6.05. The van der Waals surface area contributed by atoms with Crippen molar-refractivity contribution in [1.29, 1.82) is 0 Å². The van der Waals surface area contributed by atoms with Gasteiger partial charge in [0.1, 0.15) is 12.4 Å². The van der Waals surface area contributed by atoms with Gasteiger partial charge < -0.3 is 14.8 Å². The van der Waals surface area contributed by atoms with Crippen molar-refractivity contribution in [3.05, 3.63) is 41.7 Å². The van der Waals surface area contributed by atoms with E-state index in [1.165, 1.54) is 0 Å². The Labute approximate surface area is 140 Å². The number of carbonyl (C=O) groups excluding carboxylic acids is 1. The van der Waals surface area contributed by atoms with E-state index in [4.69, 9.17) is 9.47 Å². The first-order valence-corrected chi connectivity index (χ1v) is 8.48. The molecule has 2 heterocycles. The Morgan fingerprint density at radius 3 is 3.08 bits per heavy atom. The minimum Gasteiger partial charge on any atom is -0.491 e. The van der Waals surface area contributed by atoms with Crippen molar-refractivity contribution in [1.82, 2.24) is 10.2 Å². The molecular weight excluding hydrogens is 306 g/mol. The third kappa shape index (κ3) is 3.43. The molecule has 6 heteroatoms. The maximum absolute atomic E-state index is 12.5. The van der Waals surface area contributed by atoms with Gasteiger partial charge in [0, 0.05) is 24.3 Å². The number of aromatic nitrogens is 2. The number of aromatic amines is 1. The fourth-order valence-corrected chi connectivity index (χ4v) is 2.99. The van der Waals surface area contributed by atoms with Crippen molar-refractivity contribution < 1.29 is 14.3 Å². The smallest absolute Gasteiger partial charge is 0.259 e. The maximum Gasteiger partial charge on any atom is 0.259 e. The van der Waals surface area contributed by atoms with Crippen molar-refractivity contribution >= 4 is 11.6 Å². The van der Waals surface area contributed by atoms with Crippen LogP contribution in [0.2, 0.25) is 0 Å². The lowest BCUT2D eigenvalue weighted by molar-refractivity contribution is 0.0680. The highest BCUT2D eigenvalue weighted by Gasteiger charge is 2.29. The predicted molar refractivity (Wildman–Crippen MR) is 89.4 cm³/mol. The summed E-state index contributed by atoms with van der Waals surface area (Å²) in [6.07, 6.45) is 6.15. The van der Waals surface area contributed by atoms with Gasteiger partial charge in [0.2, 0.25) is 0 Å². The molecule has 24 heavy (non-hydrogen) atoms. The van der Waals surface area contributed by atoms with Crippen molar-refractivity contribution in [3.8, 4) is 5.75 Å². The SMILES string of the molecule is O=C(Nc1cccc(OC[C@H]2CCCO2)c1)c1cn[nH]c1C1CC1. The van der Waals surface area contributed by atoms with Crippen LogP contribution in [0.3, 0.4) is 0 Å². The third-order valence-electron chi connectivity index (χ3n) is 4.45. The Bertz CT molecular complexity index is 718. The summed E-state index contributed by atoms with van der Waals surface area (Å²) in [5.41, 5.74) is 2.29. The third-order valence-corrected chi connectivity index (χ3v) is 4.45. The number of rotatable bonds is 6. The molecule has 6 nitrogen and oxygen atoms in total. The van der Waals surface area contributed by atoms with Crippen LogP contribution in [0.4, 0.5) is 5.69 Å². The number of hydrogen-bond acceptors (Lipinski definition) is 4. The highest BCUT2D eigenvalue weighted by atomic mass is 16.5. The molecule has 0 radical (unpaired) electrons. The van der Waals surface area contributed by atoms with Crippen LogP contribution < -0.4 is 10.1 Å². The summed E-state index contributed by atoms with van der Waals surface area (Å²) in [6, 6.07) is 7.45. The van der Waals surface area contributed by atoms with Gasteiger partial charge in [0.15, 0.2) is 0 Å². The van der Waals surface area contributed by atoms with E-state index in [2.05, 4.69) is 15.5 Å². The number of nitrogens with one attached hydrogen (secondary N) is 2. The quantitative estimate of drug-likeness (QED) is 0.855. The van der Waals surface area contributed by atoms with Gasteiger partial charge in [-0.3, -0.25) is 9.89 Å². The lowest BCUT2D eigenvalue weighted by atomic mass is 10.1. The minimum atomic E-state index is -0.137. The van der Waals surface area contributed by atoms with Crippen molar-refractivity contribution in [3.63, 3.8) is 0 Å². The Balaban J connectivity index is 1.39. The molecule has 1 saturated heterocycles. The zero-order valence-corrected chi connectivity index (χ0v) is 13.5. The number of anilines is 1. The summed E-state index contributed by atoms with van der Waals surface area (Å²) < 4.78 is 11.3. The number of amides is 1. The van der Waals surface area contributed by atoms with E-state index in [1.54, 1.807) is 6.20 Å². The van der Waals surface area contributed by atoms with Gasteiger partial charge in [0.05, 0.1) is 23.6 Å². The lowest BCUT2D eigenvalue weighted by Gasteiger charge is -2.12. The van der Waals surface area contributed by atoms with E-state index in [1.807, 2.05) is 24.3 Å². The molecule has 1 aliphatic heterocycles. The Hall–Kier alpha value is -2.34. The molecule has 0 spiro atoms. The molecule has 1 aromatic heterocycles. The molecule has 2 N–H and O–H groups in total. The first-order chi connectivity index (χ1) is 11.8. The second-order valence-corrected chi connectivity index (χ2v) is 6.40. The fourth-order valence-electron chi connectivity index (χ4n) is 2.99. The number of hydrogen-bond donors (Lipinski definition) is 2. The van der Waals surface area contributed by atoms with Crippen LogP contribution in [-0.4, -0.2) is 35.4 Å². The Morgan fingerprint density at radius 2 is 2.29 bits per heavy atom. The second kappa shape index (κ2) is 6.65. The molecule has 1 aromatic carbocycles. The molecule has 2 aromatic rings. The molecule has 126 valence electrons. The van der Waals surface area contributed by atoms with Crippen molar-refractivity contribution in [2.24, 2.45) is 0 Å². The van der Waals surface area contributed by atoms with Crippen molar-refractivity contribution in [2.45, 2.75) is 37.7 Å². The van der Waals surface area contributed by atoms with E-state index >= 15 is 0 Å². The minimum absolute atomic E-state index is 0.137. The zero-order valence-electron chi connectivity index (χ0n) is 13.5. The summed E-state index contributed by atoms with van der Waals surface area (Å²) in [6.45, 7) is 1.36. The van der Waals surface area contributed by atoms with Gasteiger partial charge in [-0.25, -0.2) is 0 Å². The first kappa shape index (κ1) is 15.2. The van der Waals surface area contributed by atoms with Crippen LogP contribution in [0.15, 0.2) is 30.5 Å². The number of benzene rings is 1. The van der Waals surface area contributed by atoms with Gasteiger partial charge >= 0.3 is 0 Å². The maximum atomic E-state index is 12.5. The molecule has 1 atom stereocenters. The van der Waals surface area contributed by atoms with Crippen LogP contribution in [-0.2, 0) is 4.74 Å². The van der Waals surface area contributed by atoms with E-state index < -0.39 is 0 Å². The van der Waals surface area contributed by atoms with Crippen LogP contribution in [0.1, 0.15) is 47.7 Å². The monoisotopic (exact) mass is 327 g/mol. The van der Waals surface area contributed by atoms with Crippen LogP contribution in [0.25, 0.3) is 0 Å². The lowest BCUT2D eigenvalue weighted by Crippen LogP contribution is -2.16. The van der Waals surface area contributed by atoms with Crippen LogP contribution >= 0.6 is 0 Å². The number of ether oxygens (including phenoxy) is 2. The topological polar surface area (TPSA) is 76.2 Å². The first-order valence-electron chi connectivity index (χ1n) is 8.48.